The first kappa shape index (κ1) is 17.1. The van der Waals surface area contributed by atoms with Gasteiger partial charge >= 0.3 is 6.03 Å². The minimum Gasteiger partial charge on any atom is -0.307 e. The van der Waals surface area contributed by atoms with E-state index in [1.165, 1.54) is 4.57 Å². The van der Waals surface area contributed by atoms with Crippen LogP contribution in [0.2, 0.25) is 0 Å². The van der Waals surface area contributed by atoms with Crippen molar-refractivity contribution in [3.63, 3.8) is 0 Å². The maximum absolute atomic E-state index is 12.7. The highest BCUT2D eigenvalue weighted by Gasteiger charge is 2.25. The van der Waals surface area contributed by atoms with Crippen molar-refractivity contribution in [2.75, 3.05) is 5.32 Å². The van der Waals surface area contributed by atoms with Gasteiger partial charge in [-0.25, -0.2) is 4.79 Å². The van der Waals surface area contributed by atoms with Gasteiger partial charge < -0.3 is 5.32 Å². The van der Waals surface area contributed by atoms with Crippen molar-refractivity contribution in [2.45, 2.75) is 6.92 Å². The molecule has 3 amide bonds. The molecule has 27 heavy (non-hydrogen) atoms. The van der Waals surface area contributed by atoms with Gasteiger partial charge in [-0.3, -0.25) is 19.5 Å². The Morgan fingerprint density at radius 3 is 2.70 bits per heavy atom. The van der Waals surface area contributed by atoms with Crippen molar-refractivity contribution in [1.29, 1.82) is 0 Å². The molecule has 0 unspecified atom stereocenters. The summed E-state index contributed by atoms with van der Waals surface area (Å²) in [6.07, 6.45) is 3.35. The van der Waals surface area contributed by atoms with Gasteiger partial charge in [-0.05, 0) is 60.2 Å². The van der Waals surface area contributed by atoms with E-state index in [2.05, 4.69) is 10.6 Å². The van der Waals surface area contributed by atoms with Gasteiger partial charge in [-0.15, -0.1) is 0 Å². The molecule has 0 atom stereocenters. The van der Waals surface area contributed by atoms with Crippen LogP contribution in [-0.2, 0) is 4.79 Å². The Balaban J connectivity index is 1.68. The van der Waals surface area contributed by atoms with Crippen molar-refractivity contribution in [3.05, 3.63) is 70.8 Å². The number of nitrogens with zero attached hydrogens (tertiary/aromatic N) is 1. The number of amides is 3. The largest absolute Gasteiger partial charge is 0.330 e. The number of aryl methyl sites for hydroxylation is 1. The first-order chi connectivity index (χ1) is 13.0. The fraction of sp³-hybridized carbons (Fsp3) is 0.0500. The summed E-state index contributed by atoms with van der Waals surface area (Å²) < 4.78 is 1.52. The molecule has 0 spiro atoms. The minimum absolute atomic E-state index is 0.274. The van der Waals surface area contributed by atoms with Gasteiger partial charge in [0.25, 0.3) is 11.1 Å². The Morgan fingerprint density at radius 1 is 1.15 bits per heavy atom. The third kappa shape index (κ3) is 3.37. The van der Waals surface area contributed by atoms with Gasteiger partial charge in [-0.2, -0.15) is 0 Å². The maximum atomic E-state index is 12.7. The Hall–Kier alpha value is -3.32. The van der Waals surface area contributed by atoms with Crippen LogP contribution in [0, 0.1) is 6.92 Å². The van der Waals surface area contributed by atoms with Gasteiger partial charge in [0.1, 0.15) is 0 Å². The molecule has 2 aromatic carbocycles. The highest BCUT2D eigenvalue weighted by atomic mass is 32.2. The van der Waals surface area contributed by atoms with Crippen molar-refractivity contribution in [1.82, 2.24) is 9.88 Å². The number of hydrogen-bond acceptors (Lipinski definition) is 4. The molecule has 1 fully saturated rings. The molecule has 1 saturated heterocycles. The molecular formula is C20H15N3O3S. The summed E-state index contributed by atoms with van der Waals surface area (Å²) in [5, 5.41) is 5.55. The Bertz CT molecular complexity index is 1130. The van der Waals surface area contributed by atoms with Gasteiger partial charge in [0.15, 0.2) is 0 Å². The topological polar surface area (TPSA) is 80.2 Å². The number of anilines is 1. The first-order valence-corrected chi connectivity index (χ1v) is 9.06. The van der Waals surface area contributed by atoms with E-state index in [0.717, 1.165) is 34.0 Å². The van der Waals surface area contributed by atoms with Crippen LogP contribution in [-0.4, -0.2) is 21.7 Å². The number of rotatable bonds is 2. The van der Waals surface area contributed by atoms with E-state index in [1.807, 2.05) is 55.5 Å². The zero-order chi connectivity index (χ0) is 19.0. The summed E-state index contributed by atoms with van der Waals surface area (Å²) >= 11 is 0.869. The molecule has 0 radical (unpaired) electrons. The quantitative estimate of drug-likeness (QED) is 0.651. The maximum Gasteiger partial charge on any atom is 0.330 e. The summed E-state index contributed by atoms with van der Waals surface area (Å²) in [5.41, 5.74) is 3.25. The van der Waals surface area contributed by atoms with Crippen molar-refractivity contribution in [2.24, 2.45) is 0 Å². The van der Waals surface area contributed by atoms with Crippen LogP contribution in [0.15, 0.2) is 59.6 Å². The van der Waals surface area contributed by atoms with Crippen LogP contribution in [0.1, 0.15) is 11.1 Å². The first-order valence-electron chi connectivity index (χ1n) is 8.24. The number of imide groups is 1. The fourth-order valence-corrected chi connectivity index (χ4v) is 3.64. The van der Waals surface area contributed by atoms with Crippen LogP contribution < -0.4 is 10.6 Å². The molecule has 2 heterocycles. The highest BCUT2D eigenvalue weighted by Crippen LogP contribution is 2.29. The van der Waals surface area contributed by atoms with E-state index in [0.29, 0.717) is 10.4 Å². The molecule has 0 aliphatic carbocycles. The summed E-state index contributed by atoms with van der Waals surface area (Å²) in [6, 6.07) is 14.6. The third-order valence-corrected chi connectivity index (χ3v) is 4.99. The SMILES string of the molecule is Cc1cccc(NC(=O)n2ccc3c(/C=C4\SC(=O)NC4=O)cccc32)c1. The second kappa shape index (κ2) is 6.77. The second-order valence-corrected chi connectivity index (χ2v) is 7.13. The summed E-state index contributed by atoms with van der Waals surface area (Å²) in [5.74, 6) is -0.404. The van der Waals surface area contributed by atoms with Gasteiger partial charge in [0.2, 0.25) is 0 Å². The summed E-state index contributed by atoms with van der Waals surface area (Å²) in [7, 11) is 0. The molecule has 0 bridgehead atoms. The molecule has 1 aliphatic rings. The van der Waals surface area contributed by atoms with Crippen molar-refractivity contribution in [3.8, 4) is 0 Å². The Kier molecular flexibility index (Phi) is 4.29. The number of carbonyl (C=O) groups is 3. The molecule has 4 rings (SSSR count). The summed E-state index contributed by atoms with van der Waals surface area (Å²) in [4.78, 5) is 36.1. The number of thioether (sulfide) groups is 1. The lowest BCUT2D eigenvalue weighted by Crippen LogP contribution is -2.18. The van der Waals surface area contributed by atoms with Crippen LogP contribution in [0.3, 0.4) is 0 Å². The van der Waals surface area contributed by atoms with Gasteiger partial charge in [0.05, 0.1) is 10.4 Å². The summed E-state index contributed by atoms with van der Waals surface area (Å²) in [6.45, 7) is 1.96. The fourth-order valence-electron chi connectivity index (χ4n) is 2.96. The van der Waals surface area contributed by atoms with E-state index < -0.39 is 5.91 Å². The van der Waals surface area contributed by atoms with Gasteiger partial charge in [0, 0.05) is 17.3 Å². The van der Waals surface area contributed by atoms with Gasteiger partial charge in [-0.1, -0.05) is 24.3 Å². The third-order valence-electron chi connectivity index (χ3n) is 4.18. The monoisotopic (exact) mass is 377 g/mol. The smallest absolute Gasteiger partial charge is 0.307 e. The average Bonchev–Trinajstić information content (AvgIpc) is 3.19. The van der Waals surface area contributed by atoms with E-state index in [-0.39, 0.29) is 11.3 Å². The number of nitrogens with one attached hydrogen (secondary N) is 2. The zero-order valence-corrected chi connectivity index (χ0v) is 15.2. The molecule has 134 valence electrons. The molecular weight excluding hydrogens is 362 g/mol. The minimum atomic E-state index is -0.404. The Labute approximate surface area is 159 Å². The van der Waals surface area contributed by atoms with Crippen LogP contribution >= 0.6 is 11.8 Å². The van der Waals surface area contributed by atoms with Crippen molar-refractivity contribution >= 4 is 51.6 Å². The van der Waals surface area contributed by atoms with E-state index >= 15 is 0 Å². The Morgan fingerprint density at radius 2 is 1.96 bits per heavy atom. The average molecular weight is 377 g/mol. The highest BCUT2D eigenvalue weighted by molar-refractivity contribution is 8.18. The normalized spacial score (nSPS) is 15.4. The number of benzene rings is 2. The molecule has 0 saturated carbocycles. The number of carbonyl (C=O) groups excluding carboxylic acids is 3. The molecule has 2 N–H and O–H groups in total. The van der Waals surface area contributed by atoms with E-state index in [9.17, 15) is 14.4 Å². The molecule has 1 aromatic heterocycles. The van der Waals surface area contributed by atoms with Crippen molar-refractivity contribution < 1.29 is 14.4 Å². The predicted octanol–water partition coefficient (Wildman–Crippen LogP) is 4.35. The van der Waals surface area contributed by atoms with Crippen LogP contribution in [0.25, 0.3) is 17.0 Å². The van der Waals surface area contributed by atoms with Crippen LogP contribution in [0.5, 0.6) is 0 Å². The van der Waals surface area contributed by atoms with Crippen LogP contribution in [0.4, 0.5) is 15.3 Å². The predicted molar refractivity (Wildman–Crippen MR) is 107 cm³/mol. The number of aromatic nitrogens is 1. The lowest BCUT2D eigenvalue weighted by molar-refractivity contribution is -0.115. The second-order valence-electron chi connectivity index (χ2n) is 6.12. The van der Waals surface area contributed by atoms with E-state index in [4.69, 9.17) is 0 Å². The lowest BCUT2D eigenvalue weighted by Gasteiger charge is -2.08. The number of fused-ring (bicyclic) bond motifs is 1. The van der Waals surface area contributed by atoms with E-state index in [1.54, 1.807) is 12.3 Å². The molecule has 6 nitrogen and oxygen atoms in total. The zero-order valence-electron chi connectivity index (χ0n) is 14.4. The molecule has 7 heteroatoms. The molecule has 1 aliphatic heterocycles. The molecule has 3 aromatic rings. The lowest BCUT2D eigenvalue weighted by atomic mass is 10.1. The standard InChI is InChI=1S/C20H15N3O3S/c1-12-4-2-6-14(10-12)21-19(25)23-9-8-15-13(5-3-7-16(15)23)11-17-18(24)22-20(26)27-17/h2-11H,1H3,(H,21,25)(H,22,24,26)/b17-11-. The number of hydrogen-bond donors (Lipinski definition) is 2.